The van der Waals surface area contributed by atoms with Crippen LogP contribution in [0.15, 0.2) is 30.3 Å². The van der Waals surface area contributed by atoms with Crippen LogP contribution in [0.5, 0.6) is 0 Å². The van der Waals surface area contributed by atoms with Crippen LogP contribution < -0.4 is 21.8 Å². The molecule has 43 heavy (non-hydrogen) atoms. The van der Waals surface area contributed by atoms with Gasteiger partial charge in [-0.25, -0.2) is 14.6 Å². The van der Waals surface area contributed by atoms with E-state index in [0.29, 0.717) is 25.3 Å². The molecule has 13 nitrogen and oxygen atoms in total. The van der Waals surface area contributed by atoms with Crippen molar-refractivity contribution in [3.8, 4) is 0 Å². The molecule has 13 heteroatoms. The van der Waals surface area contributed by atoms with Crippen LogP contribution in [0, 0.1) is 23.7 Å². The molecule has 6 N–H and O–H groups in total. The highest BCUT2D eigenvalue weighted by Gasteiger charge is 2.40. The smallest absolute Gasteiger partial charge is 0.407 e. The molecule has 1 aliphatic rings. The molecule has 1 heterocycles. The van der Waals surface area contributed by atoms with Gasteiger partial charge in [0.25, 0.3) is 5.91 Å². The van der Waals surface area contributed by atoms with E-state index in [4.69, 9.17) is 15.2 Å². The third-order valence-corrected chi connectivity index (χ3v) is 7.65. The number of ketones is 1. The number of benzene rings is 1. The van der Waals surface area contributed by atoms with Crippen LogP contribution in [0.4, 0.5) is 9.59 Å². The SMILES string of the molecule is COC(=O)N[C@H](C(=O)NN(CC1CCOCC1)C[C@H](O)C(C(=O)[C@@H](NC(=O)OC)C(C)C)C(N)c1ccccc1)C(C)C. The molecule has 0 saturated carbocycles. The highest BCUT2D eigenvalue weighted by molar-refractivity contribution is 5.90. The zero-order valence-corrected chi connectivity index (χ0v) is 26.1. The highest BCUT2D eigenvalue weighted by Crippen LogP contribution is 2.27. The van der Waals surface area contributed by atoms with E-state index in [9.17, 15) is 24.3 Å². The Morgan fingerprint density at radius 2 is 1.49 bits per heavy atom. The van der Waals surface area contributed by atoms with Crippen molar-refractivity contribution >= 4 is 23.9 Å². The third-order valence-electron chi connectivity index (χ3n) is 7.65. The second-order valence-corrected chi connectivity index (χ2v) is 11.6. The number of hydrogen-bond acceptors (Lipinski definition) is 10. The van der Waals surface area contributed by atoms with Crippen molar-refractivity contribution in [1.29, 1.82) is 0 Å². The summed E-state index contributed by atoms with van der Waals surface area (Å²) < 4.78 is 14.9. The van der Waals surface area contributed by atoms with Gasteiger partial charge in [-0.1, -0.05) is 58.0 Å². The van der Waals surface area contributed by atoms with Crippen LogP contribution in [-0.2, 0) is 23.8 Å². The second kappa shape index (κ2) is 17.8. The molecule has 1 aromatic rings. The maximum Gasteiger partial charge on any atom is 0.407 e. The lowest BCUT2D eigenvalue weighted by atomic mass is 9.80. The first kappa shape index (κ1) is 35.9. The van der Waals surface area contributed by atoms with Crippen molar-refractivity contribution in [3.63, 3.8) is 0 Å². The van der Waals surface area contributed by atoms with Crippen molar-refractivity contribution < 1.29 is 38.5 Å². The van der Waals surface area contributed by atoms with E-state index >= 15 is 0 Å². The summed E-state index contributed by atoms with van der Waals surface area (Å²) in [6.45, 7) is 8.47. The Morgan fingerprint density at radius 1 is 0.953 bits per heavy atom. The molecule has 1 aromatic carbocycles. The topological polar surface area (TPSA) is 182 Å². The molecule has 0 bridgehead atoms. The number of nitrogens with one attached hydrogen (secondary N) is 3. The Balaban J connectivity index is 2.42. The average Bonchev–Trinajstić information content (AvgIpc) is 2.98. The lowest BCUT2D eigenvalue weighted by Crippen LogP contribution is -2.58. The molecular weight excluding hydrogens is 558 g/mol. The molecule has 3 amide bonds. The Bertz CT molecular complexity index is 1030. The minimum atomic E-state index is -1.35. The number of alkyl carbamates (subject to hydrolysis) is 2. The van der Waals surface area contributed by atoms with Gasteiger partial charge >= 0.3 is 12.2 Å². The van der Waals surface area contributed by atoms with Gasteiger partial charge in [0.05, 0.1) is 32.3 Å². The predicted octanol–water partition coefficient (Wildman–Crippen LogP) is 1.75. The summed E-state index contributed by atoms with van der Waals surface area (Å²) in [5, 5.41) is 18.4. The quantitative estimate of drug-likeness (QED) is 0.184. The van der Waals surface area contributed by atoms with Crippen molar-refractivity contribution in [2.45, 2.75) is 64.8 Å². The lowest BCUT2D eigenvalue weighted by molar-refractivity contribution is -0.133. The summed E-state index contributed by atoms with van der Waals surface area (Å²) in [7, 11) is 2.42. The summed E-state index contributed by atoms with van der Waals surface area (Å²) in [6, 6.07) is 6.09. The fraction of sp³-hybridized carbons (Fsp3) is 0.667. The fourth-order valence-electron chi connectivity index (χ4n) is 5.14. The van der Waals surface area contributed by atoms with Gasteiger partial charge in [0.15, 0.2) is 5.78 Å². The van der Waals surface area contributed by atoms with Crippen molar-refractivity contribution in [2.75, 3.05) is 40.5 Å². The number of rotatable bonds is 15. The van der Waals surface area contributed by atoms with Crippen LogP contribution in [0.25, 0.3) is 0 Å². The van der Waals surface area contributed by atoms with Gasteiger partial charge in [0.2, 0.25) is 0 Å². The third kappa shape index (κ3) is 11.1. The molecule has 0 aromatic heterocycles. The maximum atomic E-state index is 14.0. The second-order valence-electron chi connectivity index (χ2n) is 11.6. The number of carbonyl (C=O) groups excluding carboxylic acids is 4. The zero-order valence-electron chi connectivity index (χ0n) is 26.1. The van der Waals surface area contributed by atoms with Gasteiger partial charge in [-0.2, -0.15) is 0 Å². The summed E-state index contributed by atoms with van der Waals surface area (Å²) >= 11 is 0. The first-order valence-corrected chi connectivity index (χ1v) is 14.7. The molecular formula is C30H49N5O8. The first-order valence-electron chi connectivity index (χ1n) is 14.7. The van der Waals surface area contributed by atoms with Gasteiger partial charge in [0, 0.05) is 32.3 Å². The number of nitrogens with two attached hydrogens (primary N) is 1. The van der Waals surface area contributed by atoms with Gasteiger partial charge < -0.3 is 35.7 Å². The number of hydrogen-bond donors (Lipinski definition) is 5. The molecule has 1 saturated heterocycles. The summed E-state index contributed by atoms with van der Waals surface area (Å²) in [5.74, 6) is -2.58. The number of aliphatic hydroxyl groups is 1. The Hall–Kier alpha value is -3.26. The molecule has 242 valence electrons. The van der Waals surface area contributed by atoms with Crippen LogP contribution in [-0.4, -0.2) is 92.7 Å². The maximum absolute atomic E-state index is 14.0. The number of nitrogens with zero attached hydrogens (tertiary/aromatic N) is 1. The lowest BCUT2D eigenvalue weighted by Gasteiger charge is -2.37. The van der Waals surface area contributed by atoms with Gasteiger partial charge in [-0.3, -0.25) is 15.0 Å². The zero-order chi connectivity index (χ0) is 32.1. The molecule has 1 fully saturated rings. The fourth-order valence-corrected chi connectivity index (χ4v) is 5.14. The van der Waals surface area contributed by atoms with Crippen LogP contribution >= 0.6 is 0 Å². The highest BCUT2D eigenvalue weighted by atomic mass is 16.5. The number of aliphatic hydroxyl groups excluding tert-OH is 1. The van der Waals surface area contributed by atoms with E-state index in [1.165, 1.54) is 14.2 Å². The van der Waals surface area contributed by atoms with E-state index in [1.807, 2.05) is 6.07 Å². The standard InChI is InChI=1S/C30H49N5O8/c1-18(2)25(32-29(39)41-5)27(37)23(24(31)21-10-8-7-9-11-21)22(36)17-35(16-20-12-14-43-15-13-20)34-28(38)26(19(3)4)33-30(40)42-6/h7-11,18-20,22-26,36H,12-17,31H2,1-6H3,(H,32,39)(H,33,40)(H,34,38)/t22-,23?,24?,25-,26-/m0/s1. The largest absolute Gasteiger partial charge is 0.453 e. The molecule has 2 unspecified atom stereocenters. The van der Waals surface area contributed by atoms with E-state index in [0.717, 1.165) is 12.8 Å². The molecule has 0 radical (unpaired) electrons. The minimum absolute atomic E-state index is 0.147. The van der Waals surface area contributed by atoms with E-state index < -0.39 is 54.0 Å². The Kier molecular flexibility index (Phi) is 14.8. The number of amides is 3. The summed E-state index contributed by atoms with van der Waals surface area (Å²) in [6.07, 6.45) is -1.38. The molecule has 0 spiro atoms. The number of methoxy groups -OCH3 is 2. The minimum Gasteiger partial charge on any atom is -0.453 e. The van der Waals surface area contributed by atoms with Crippen LogP contribution in [0.2, 0.25) is 0 Å². The predicted molar refractivity (Wildman–Crippen MR) is 159 cm³/mol. The monoisotopic (exact) mass is 607 g/mol. The van der Waals surface area contributed by atoms with E-state index in [2.05, 4.69) is 20.8 Å². The van der Waals surface area contributed by atoms with Crippen molar-refractivity contribution in [2.24, 2.45) is 29.4 Å². The summed E-state index contributed by atoms with van der Waals surface area (Å²) in [5.41, 5.74) is 10.1. The van der Waals surface area contributed by atoms with Crippen LogP contribution in [0.1, 0.15) is 52.1 Å². The van der Waals surface area contributed by atoms with E-state index in [-0.39, 0.29) is 24.3 Å². The normalized spacial score (nSPS) is 17.5. The van der Waals surface area contributed by atoms with E-state index in [1.54, 1.807) is 57.0 Å². The number of Topliss-reactive ketones (excluding diaryl/α,β-unsaturated/α-hetero) is 1. The number of carbonyl (C=O) groups is 4. The molecule has 5 atom stereocenters. The van der Waals surface area contributed by atoms with Gasteiger partial charge in [0.1, 0.15) is 6.04 Å². The molecule has 0 aliphatic carbocycles. The Morgan fingerprint density at radius 3 is 2.00 bits per heavy atom. The number of ether oxygens (including phenoxy) is 3. The molecule has 2 rings (SSSR count). The van der Waals surface area contributed by atoms with Crippen molar-refractivity contribution in [1.82, 2.24) is 21.1 Å². The Labute approximate surface area is 254 Å². The first-order chi connectivity index (χ1) is 20.4. The van der Waals surface area contributed by atoms with Gasteiger partial charge in [-0.15, -0.1) is 0 Å². The number of hydrazine groups is 1. The van der Waals surface area contributed by atoms with Gasteiger partial charge in [-0.05, 0) is 36.2 Å². The molecule has 1 aliphatic heterocycles. The van der Waals surface area contributed by atoms with Crippen molar-refractivity contribution in [3.05, 3.63) is 35.9 Å². The van der Waals surface area contributed by atoms with Crippen LogP contribution in [0.3, 0.4) is 0 Å². The average molecular weight is 608 g/mol. The summed E-state index contributed by atoms with van der Waals surface area (Å²) in [4.78, 5) is 51.5.